The number of carbonyl (C=O) groups is 2. The van der Waals surface area contributed by atoms with Crippen LogP contribution in [-0.2, 0) is 25.6 Å². The first-order chi connectivity index (χ1) is 16.4. The molecule has 9 heteroatoms. The van der Waals surface area contributed by atoms with Crippen molar-refractivity contribution in [3.05, 3.63) is 41.5 Å². The second kappa shape index (κ2) is 9.90. The topological polar surface area (TPSA) is 110 Å². The summed E-state index contributed by atoms with van der Waals surface area (Å²) in [5.74, 6) is -0.0560. The lowest BCUT2D eigenvalue weighted by Gasteiger charge is -2.25. The first-order valence-corrected chi connectivity index (χ1v) is 11.0. The maximum atomic E-state index is 11.9. The fraction of sp³-hybridized carbons (Fsp3) is 0.440. The van der Waals surface area contributed by atoms with Crippen LogP contribution in [0.5, 0.6) is 17.2 Å². The van der Waals surface area contributed by atoms with Gasteiger partial charge in [-0.3, -0.25) is 0 Å². The van der Waals surface area contributed by atoms with E-state index in [0.717, 1.165) is 16.7 Å². The molecule has 0 spiro atoms. The second-order valence-corrected chi connectivity index (χ2v) is 8.36. The Bertz CT molecular complexity index is 1070. The zero-order valence-corrected chi connectivity index (χ0v) is 19.4. The van der Waals surface area contributed by atoms with Crippen molar-refractivity contribution in [2.24, 2.45) is 5.41 Å². The monoisotopic (exact) mass is 472 g/mol. The first kappa shape index (κ1) is 23.8. The van der Waals surface area contributed by atoms with Gasteiger partial charge in [-0.05, 0) is 42.7 Å². The molecule has 1 heterocycles. The van der Waals surface area contributed by atoms with Crippen molar-refractivity contribution in [1.82, 2.24) is 0 Å². The Balaban J connectivity index is 1.66. The van der Waals surface area contributed by atoms with Crippen molar-refractivity contribution in [3.8, 4) is 28.4 Å². The van der Waals surface area contributed by atoms with Crippen molar-refractivity contribution < 1.29 is 43.1 Å². The minimum Gasteiger partial charge on any atom is -0.493 e. The van der Waals surface area contributed by atoms with Crippen LogP contribution < -0.4 is 14.2 Å². The smallest absolute Gasteiger partial charge is 0.338 e. The zero-order chi connectivity index (χ0) is 24.3. The number of aliphatic carboxylic acids is 1. The predicted molar refractivity (Wildman–Crippen MR) is 121 cm³/mol. The maximum absolute atomic E-state index is 11.9. The molecule has 1 N–H and O–H groups in total. The highest BCUT2D eigenvalue weighted by atomic mass is 16.6. The molecular weight excluding hydrogens is 444 g/mol. The van der Waals surface area contributed by atoms with E-state index in [1.165, 1.54) is 21.3 Å². The number of cyclic esters (lactones) is 1. The molecule has 1 aliphatic carbocycles. The number of carboxylic acids is 1. The van der Waals surface area contributed by atoms with Crippen LogP contribution in [0.3, 0.4) is 0 Å². The van der Waals surface area contributed by atoms with Crippen LogP contribution in [0.15, 0.2) is 30.3 Å². The molecule has 2 aromatic rings. The minimum absolute atomic E-state index is 0.125. The van der Waals surface area contributed by atoms with Crippen LogP contribution in [0, 0.1) is 5.41 Å². The van der Waals surface area contributed by atoms with Crippen LogP contribution in [0.1, 0.15) is 28.8 Å². The predicted octanol–water partition coefficient (Wildman–Crippen LogP) is 3.32. The number of hydrogen-bond acceptors (Lipinski definition) is 8. The molecule has 0 radical (unpaired) electrons. The molecule has 1 unspecified atom stereocenters. The molecule has 0 amide bonds. The first-order valence-electron chi connectivity index (χ1n) is 11.0. The largest absolute Gasteiger partial charge is 0.493 e. The molecule has 1 saturated carbocycles. The van der Waals surface area contributed by atoms with Gasteiger partial charge >= 0.3 is 11.9 Å². The molecule has 4 rings (SSSR count). The molecule has 1 aliphatic heterocycles. The quantitative estimate of drug-likeness (QED) is 0.367. The molecule has 0 aromatic heterocycles. The highest BCUT2D eigenvalue weighted by Crippen LogP contribution is 2.52. The summed E-state index contributed by atoms with van der Waals surface area (Å²) in [6.07, 6.45) is 0.319. The fourth-order valence-corrected chi connectivity index (χ4v) is 4.19. The summed E-state index contributed by atoms with van der Waals surface area (Å²) in [4.78, 5) is 23.8. The molecule has 1 fully saturated rings. The van der Waals surface area contributed by atoms with Crippen molar-refractivity contribution in [3.63, 3.8) is 0 Å². The number of hydrogen-bond donors (Lipinski definition) is 1. The maximum Gasteiger partial charge on any atom is 0.338 e. The summed E-state index contributed by atoms with van der Waals surface area (Å²) in [7, 11) is 4.59. The number of esters is 1. The van der Waals surface area contributed by atoms with Gasteiger partial charge in [0.05, 0.1) is 39.6 Å². The lowest BCUT2D eigenvalue weighted by molar-refractivity contribution is -0.158. The van der Waals surface area contributed by atoms with E-state index in [1.807, 2.05) is 18.2 Å². The number of benzene rings is 2. The zero-order valence-electron chi connectivity index (χ0n) is 19.4. The summed E-state index contributed by atoms with van der Waals surface area (Å²) < 4.78 is 33.1. The molecule has 0 saturated heterocycles. The summed E-state index contributed by atoms with van der Waals surface area (Å²) >= 11 is 0. The van der Waals surface area contributed by atoms with Crippen LogP contribution in [0.25, 0.3) is 11.1 Å². The van der Waals surface area contributed by atoms with Gasteiger partial charge in [-0.25, -0.2) is 9.59 Å². The van der Waals surface area contributed by atoms with Gasteiger partial charge in [-0.15, -0.1) is 0 Å². The van der Waals surface area contributed by atoms with E-state index in [0.29, 0.717) is 42.3 Å². The summed E-state index contributed by atoms with van der Waals surface area (Å²) in [5, 5.41) is 9.77. The summed E-state index contributed by atoms with van der Waals surface area (Å²) in [6, 6.07) is 9.05. The number of carbonyl (C=O) groups excluding carboxylic acids is 1. The van der Waals surface area contributed by atoms with E-state index in [-0.39, 0.29) is 25.8 Å². The van der Waals surface area contributed by atoms with E-state index in [4.69, 9.17) is 28.4 Å². The minimum atomic E-state index is -1.03. The lowest BCUT2D eigenvalue weighted by atomic mass is 9.98. The summed E-state index contributed by atoms with van der Waals surface area (Å²) in [6.45, 7) is 0.825. The third-order valence-corrected chi connectivity index (χ3v) is 6.24. The average Bonchev–Trinajstić information content (AvgIpc) is 3.54. The third kappa shape index (κ3) is 4.53. The van der Waals surface area contributed by atoms with Gasteiger partial charge in [-0.1, -0.05) is 6.07 Å². The number of rotatable bonds is 12. The normalized spacial score (nSPS) is 16.4. The van der Waals surface area contributed by atoms with Gasteiger partial charge in [-0.2, -0.15) is 0 Å². The van der Waals surface area contributed by atoms with E-state index in [2.05, 4.69) is 0 Å². The summed E-state index contributed by atoms with van der Waals surface area (Å²) in [5.41, 5.74) is 2.22. The molecule has 2 aromatic carbocycles. The van der Waals surface area contributed by atoms with Crippen molar-refractivity contribution >= 4 is 11.9 Å². The number of carboxylic acid groups (broad SMARTS) is 1. The Hall–Kier alpha value is -3.30. The van der Waals surface area contributed by atoms with Crippen LogP contribution in [0.2, 0.25) is 0 Å². The Morgan fingerprint density at radius 1 is 1.06 bits per heavy atom. The molecule has 0 bridgehead atoms. The van der Waals surface area contributed by atoms with Gasteiger partial charge in [0.2, 0.25) is 5.75 Å². The SMILES string of the molecule is COCCOC(C(=O)O)C1(COc2c(-c3ccc4c(c3)COC4=O)ccc(OC)c2OC)CC1. The van der Waals surface area contributed by atoms with Crippen LogP contribution in [-0.4, -0.2) is 64.3 Å². The van der Waals surface area contributed by atoms with Crippen molar-refractivity contribution in [1.29, 1.82) is 0 Å². The van der Waals surface area contributed by atoms with E-state index in [9.17, 15) is 14.7 Å². The molecular formula is C25H28O9. The fourth-order valence-electron chi connectivity index (χ4n) is 4.19. The van der Waals surface area contributed by atoms with Gasteiger partial charge in [0, 0.05) is 23.7 Å². The lowest BCUT2D eigenvalue weighted by Crippen LogP contribution is -2.38. The van der Waals surface area contributed by atoms with Crippen LogP contribution in [0.4, 0.5) is 0 Å². The van der Waals surface area contributed by atoms with Gasteiger partial charge in [0.25, 0.3) is 0 Å². The van der Waals surface area contributed by atoms with Crippen LogP contribution >= 0.6 is 0 Å². The number of ether oxygens (including phenoxy) is 6. The van der Waals surface area contributed by atoms with E-state index < -0.39 is 17.5 Å². The second-order valence-electron chi connectivity index (χ2n) is 8.36. The van der Waals surface area contributed by atoms with Crippen molar-refractivity contribution in [2.45, 2.75) is 25.6 Å². The highest BCUT2D eigenvalue weighted by molar-refractivity contribution is 5.94. The molecule has 9 nitrogen and oxygen atoms in total. The van der Waals surface area contributed by atoms with Gasteiger partial charge < -0.3 is 33.5 Å². The molecule has 34 heavy (non-hydrogen) atoms. The number of methoxy groups -OCH3 is 3. The Morgan fingerprint density at radius 3 is 2.47 bits per heavy atom. The van der Waals surface area contributed by atoms with Gasteiger partial charge in [0.15, 0.2) is 17.6 Å². The Morgan fingerprint density at radius 2 is 1.82 bits per heavy atom. The molecule has 2 aliphatic rings. The third-order valence-electron chi connectivity index (χ3n) is 6.24. The van der Waals surface area contributed by atoms with Gasteiger partial charge in [0.1, 0.15) is 6.61 Å². The Kier molecular flexibility index (Phi) is 6.95. The molecule has 1 atom stereocenters. The Labute approximate surface area is 197 Å². The number of fused-ring (bicyclic) bond motifs is 1. The average molecular weight is 472 g/mol. The standard InChI is InChI=1S/C25H28O9/c1-29-10-11-32-22(23(26)27)25(8-9-25)14-34-20-17(6-7-19(30-2)21(20)31-3)15-4-5-18-16(12-15)13-33-24(18)28/h4-7,12,22H,8-11,13-14H2,1-3H3,(H,26,27). The van der Waals surface area contributed by atoms with Crippen molar-refractivity contribution in [2.75, 3.05) is 41.2 Å². The molecule has 182 valence electrons. The van der Waals surface area contributed by atoms with E-state index in [1.54, 1.807) is 12.1 Å². The van der Waals surface area contributed by atoms with E-state index >= 15 is 0 Å². The highest BCUT2D eigenvalue weighted by Gasteiger charge is 2.54.